The molecular weight excluding hydrogens is 356 g/mol. The maximum atomic E-state index is 13.1. The first-order valence-corrected chi connectivity index (χ1v) is 9.02. The third kappa shape index (κ3) is 6.04. The highest BCUT2D eigenvalue weighted by molar-refractivity contribution is 5.95. The topological polar surface area (TPSA) is 71.0 Å². The van der Waals surface area contributed by atoms with Crippen LogP contribution >= 0.6 is 12.4 Å². The van der Waals surface area contributed by atoms with Gasteiger partial charge in [0.1, 0.15) is 0 Å². The van der Waals surface area contributed by atoms with Crippen molar-refractivity contribution in [2.45, 2.75) is 45.2 Å². The Morgan fingerprint density at radius 3 is 2.77 bits per heavy atom. The molecule has 1 amide bonds. The number of piperidine rings is 1. The quantitative estimate of drug-likeness (QED) is 0.672. The number of carbonyl (C=O) groups excluding carboxylic acids is 1. The molecule has 1 atom stereocenters. The van der Waals surface area contributed by atoms with Crippen molar-refractivity contribution in [2.75, 3.05) is 33.4 Å². The summed E-state index contributed by atoms with van der Waals surface area (Å²) in [6.45, 7) is 6.93. The van der Waals surface area contributed by atoms with Crippen LogP contribution in [0.1, 0.15) is 43.5 Å². The van der Waals surface area contributed by atoms with Crippen molar-refractivity contribution in [1.29, 1.82) is 0 Å². The van der Waals surface area contributed by atoms with Crippen LogP contribution in [-0.4, -0.2) is 61.4 Å². The fourth-order valence-corrected chi connectivity index (χ4v) is 3.19. The van der Waals surface area contributed by atoms with Crippen molar-refractivity contribution in [1.82, 2.24) is 10.2 Å². The molecule has 1 fully saturated rings. The smallest absolute Gasteiger partial charge is 0.254 e. The maximum Gasteiger partial charge on any atom is 0.254 e. The van der Waals surface area contributed by atoms with E-state index in [4.69, 9.17) is 9.47 Å². The van der Waals surface area contributed by atoms with Gasteiger partial charge in [-0.25, -0.2) is 0 Å². The van der Waals surface area contributed by atoms with Gasteiger partial charge in [0.2, 0.25) is 0 Å². The van der Waals surface area contributed by atoms with Crippen LogP contribution in [0, 0.1) is 0 Å². The van der Waals surface area contributed by atoms with Crippen LogP contribution in [0.15, 0.2) is 18.2 Å². The fraction of sp³-hybridized carbons (Fsp3) is 0.632. The third-order valence-corrected chi connectivity index (χ3v) is 4.41. The molecule has 0 saturated carbocycles. The first-order valence-electron chi connectivity index (χ1n) is 9.02. The molecule has 0 radical (unpaired) electrons. The molecule has 1 saturated heterocycles. The number of carbonyl (C=O) groups is 1. The Kier molecular flexibility index (Phi) is 9.76. The Labute approximate surface area is 162 Å². The average Bonchev–Trinajstić information content (AvgIpc) is 2.61. The van der Waals surface area contributed by atoms with Crippen LogP contribution in [0.2, 0.25) is 0 Å². The summed E-state index contributed by atoms with van der Waals surface area (Å²) in [6.07, 6.45) is 2.81. The Hall–Kier alpha value is -1.50. The molecule has 0 aromatic heterocycles. The summed E-state index contributed by atoms with van der Waals surface area (Å²) in [6, 6.07) is 5.12. The molecule has 2 rings (SSSR count). The molecule has 1 heterocycles. The Bertz CT molecular complexity index is 562. The number of ether oxygens (including phenoxy) is 2. The standard InChI is InChI=1S/C19H30N2O4.ClH/c1-14(2)21(16-6-4-9-20-13-16)19(23)15-7-8-17(22)18(12-15)25-11-5-10-24-3;/h7-8,12,14,16,20,22H,4-6,9-11,13H2,1-3H3;1H/t16-;/m1./s1. The van der Waals surface area contributed by atoms with Crippen LogP contribution < -0.4 is 10.1 Å². The lowest BCUT2D eigenvalue weighted by atomic mass is 10.0. The highest BCUT2D eigenvalue weighted by Crippen LogP contribution is 2.28. The van der Waals surface area contributed by atoms with Gasteiger partial charge in [-0.3, -0.25) is 4.79 Å². The van der Waals surface area contributed by atoms with Crippen molar-refractivity contribution in [3.05, 3.63) is 23.8 Å². The number of methoxy groups -OCH3 is 1. The molecule has 26 heavy (non-hydrogen) atoms. The number of amides is 1. The second-order valence-electron chi connectivity index (χ2n) is 6.68. The van der Waals surface area contributed by atoms with Gasteiger partial charge in [0.25, 0.3) is 5.91 Å². The van der Waals surface area contributed by atoms with E-state index >= 15 is 0 Å². The van der Waals surface area contributed by atoms with E-state index in [1.54, 1.807) is 19.2 Å². The number of hydrogen-bond acceptors (Lipinski definition) is 5. The molecule has 1 aromatic carbocycles. The Morgan fingerprint density at radius 2 is 2.15 bits per heavy atom. The van der Waals surface area contributed by atoms with Crippen molar-refractivity contribution in [2.24, 2.45) is 0 Å². The predicted molar refractivity (Wildman–Crippen MR) is 105 cm³/mol. The van der Waals surface area contributed by atoms with Crippen LogP contribution in [0.4, 0.5) is 0 Å². The van der Waals surface area contributed by atoms with Crippen molar-refractivity contribution in [3.8, 4) is 11.5 Å². The summed E-state index contributed by atoms with van der Waals surface area (Å²) in [5.41, 5.74) is 0.541. The number of nitrogens with one attached hydrogen (secondary N) is 1. The van der Waals surface area contributed by atoms with Gasteiger partial charge in [-0.05, 0) is 51.4 Å². The SMILES string of the molecule is COCCCOc1cc(C(=O)N(C(C)C)[C@@H]2CCCNC2)ccc1O.Cl. The lowest BCUT2D eigenvalue weighted by Crippen LogP contribution is -2.51. The Morgan fingerprint density at radius 1 is 1.38 bits per heavy atom. The van der Waals surface area contributed by atoms with Gasteiger partial charge in [-0.15, -0.1) is 12.4 Å². The summed E-state index contributed by atoms with van der Waals surface area (Å²) in [5.74, 6) is 0.363. The molecule has 148 valence electrons. The molecule has 0 aliphatic carbocycles. The summed E-state index contributed by atoms with van der Waals surface area (Å²) in [5, 5.41) is 13.3. The molecular formula is C19H31ClN2O4. The van der Waals surface area contributed by atoms with Gasteiger partial charge < -0.3 is 24.8 Å². The first-order chi connectivity index (χ1) is 12.0. The lowest BCUT2D eigenvalue weighted by molar-refractivity contribution is 0.0573. The fourth-order valence-electron chi connectivity index (χ4n) is 3.19. The summed E-state index contributed by atoms with van der Waals surface area (Å²) in [4.78, 5) is 15.0. The monoisotopic (exact) mass is 386 g/mol. The zero-order chi connectivity index (χ0) is 18.2. The number of benzene rings is 1. The molecule has 0 spiro atoms. The minimum atomic E-state index is -0.0227. The second kappa shape index (κ2) is 11.3. The molecule has 1 aromatic rings. The molecule has 6 nitrogen and oxygen atoms in total. The van der Waals surface area contributed by atoms with E-state index < -0.39 is 0 Å². The van der Waals surface area contributed by atoms with Crippen LogP contribution in [0.25, 0.3) is 0 Å². The lowest BCUT2D eigenvalue weighted by Gasteiger charge is -2.37. The first kappa shape index (κ1) is 22.5. The van der Waals surface area contributed by atoms with E-state index in [0.717, 1.165) is 32.4 Å². The van der Waals surface area contributed by atoms with Crippen molar-refractivity contribution < 1.29 is 19.4 Å². The van der Waals surface area contributed by atoms with E-state index in [9.17, 15) is 9.90 Å². The van der Waals surface area contributed by atoms with Crippen LogP contribution in [-0.2, 0) is 4.74 Å². The molecule has 0 bridgehead atoms. The minimum absolute atomic E-state index is 0. The molecule has 7 heteroatoms. The number of phenols is 1. The van der Waals surface area contributed by atoms with Gasteiger partial charge in [0.15, 0.2) is 11.5 Å². The molecule has 2 N–H and O–H groups in total. The number of hydrogen-bond donors (Lipinski definition) is 2. The van der Waals surface area contributed by atoms with E-state index in [-0.39, 0.29) is 36.1 Å². The summed E-state index contributed by atoms with van der Waals surface area (Å²) >= 11 is 0. The van der Waals surface area contributed by atoms with Gasteiger partial charge in [-0.2, -0.15) is 0 Å². The van der Waals surface area contributed by atoms with Gasteiger partial charge in [0.05, 0.1) is 6.61 Å². The zero-order valence-electron chi connectivity index (χ0n) is 15.9. The second-order valence-corrected chi connectivity index (χ2v) is 6.68. The normalized spacial score (nSPS) is 16.8. The summed E-state index contributed by atoms with van der Waals surface area (Å²) < 4.78 is 10.6. The Balaban J connectivity index is 0.00000338. The number of nitrogens with zero attached hydrogens (tertiary/aromatic N) is 1. The van der Waals surface area contributed by atoms with Gasteiger partial charge in [-0.1, -0.05) is 0 Å². The van der Waals surface area contributed by atoms with Crippen LogP contribution in [0.3, 0.4) is 0 Å². The van der Waals surface area contributed by atoms with Crippen molar-refractivity contribution in [3.63, 3.8) is 0 Å². The van der Waals surface area contributed by atoms with Crippen LogP contribution in [0.5, 0.6) is 11.5 Å². The van der Waals surface area contributed by atoms with E-state index in [1.807, 2.05) is 18.7 Å². The number of aromatic hydroxyl groups is 1. The van der Waals surface area contributed by atoms with Gasteiger partial charge in [0, 0.05) is 44.3 Å². The van der Waals surface area contributed by atoms with Gasteiger partial charge >= 0.3 is 0 Å². The molecule has 0 unspecified atom stereocenters. The minimum Gasteiger partial charge on any atom is -0.504 e. The maximum absolute atomic E-state index is 13.1. The molecule has 1 aliphatic heterocycles. The predicted octanol–water partition coefficient (Wildman–Crippen LogP) is 2.83. The van der Waals surface area contributed by atoms with E-state index in [0.29, 0.717) is 24.5 Å². The highest BCUT2D eigenvalue weighted by atomic mass is 35.5. The van der Waals surface area contributed by atoms with E-state index in [1.165, 1.54) is 6.07 Å². The zero-order valence-corrected chi connectivity index (χ0v) is 16.7. The van der Waals surface area contributed by atoms with E-state index in [2.05, 4.69) is 5.32 Å². The number of halogens is 1. The highest BCUT2D eigenvalue weighted by Gasteiger charge is 2.28. The third-order valence-electron chi connectivity index (χ3n) is 4.41. The molecule has 1 aliphatic rings. The summed E-state index contributed by atoms with van der Waals surface area (Å²) in [7, 11) is 1.64. The van der Waals surface area contributed by atoms with Crippen molar-refractivity contribution >= 4 is 18.3 Å². The number of rotatable bonds is 8. The largest absolute Gasteiger partial charge is 0.504 e. The average molecular weight is 387 g/mol. The number of phenolic OH excluding ortho intramolecular Hbond substituents is 1.